The Bertz CT molecular complexity index is 507. The third-order valence-electron chi connectivity index (χ3n) is 3.00. The van der Waals surface area contributed by atoms with E-state index in [-0.39, 0.29) is 10.0 Å². The second-order valence-corrected chi connectivity index (χ2v) is 7.29. The Morgan fingerprint density at radius 3 is 2.30 bits per heavy atom. The summed E-state index contributed by atoms with van der Waals surface area (Å²) in [7, 11) is -3.52. The van der Waals surface area contributed by atoms with E-state index in [1.54, 1.807) is 0 Å². The van der Waals surface area contributed by atoms with Gasteiger partial charge in [-0.05, 0) is 39.8 Å². The van der Waals surface area contributed by atoms with Gasteiger partial charge in [-0.2, -0.15) is 0 Å². The summed E-state index contributed by atoms with van der Waals surface area (Å²) in [6, 6.07) is 3.65. The van der Waals surface area contributed by atoms with Crippen molar-refractivity contribution in [2.45, 2.75) is 44.7 Å². The van der Waals surface area contributed by atoms with E-state index in [0.717, 1.165) is 0 Å². The number of nitrogens with zero attached hydrogens (tertiary/aromatic N) is 2. The maximum absolute atomic E-state index is 12.1. The Balaban J connectivity index is 2.62. The minimum absolute atomic E-state index is 0.127. The fourth-order valence-corrected chi connectivity index (χ4v) is 3.10. The number of hydrogen-bond acceptors (Lipinski definition) is 4. The molecule has 5 nitrogen and oxygen atoms in total. The van der Waals surface area contributed by atoms with Crippen LogP contribution in [-0.4, -0.2) is 43.5 Å². The van der Waals surface area contributed by atoms with E-state index in [2.05, 4.69) is 42.3 Å². The van der Waals surface area contributed by atoms with Crippen LogP contribution in [0.25, 0.3) is 0 Å². The van der Waals surface area contributed by atoms with Crippen molar-refractivity contribution in [2.24, 2.45) is 0 Å². The zero-order valence-corrected chi connectivity index (χ0v) is 13.9. The van der Waals surface area contributed by atoms with Crippen molar-refractivity contribution in [2.75, 3.05) is 13.1 Å². The topological polar surface area (TPSA) is 62.3 Å². The molecule has 0 saturated carbocycles. The molecule has 1 N–H and O–H groups in total. The van der Waals surface area contributed by atoms with E-state index in [1.165, 1.54) is 18.3 Å². The molecule has 1 aromatic heterocycles. The highest BCUT2D eigenvalue weighted by atomic mass is 35.5. The van der Waals surface area contributed by atoms with E-state index < -0.39 is 10.0 Å². The largest absolute Gasteiger partial charge is 0.297 e. The molecular weight excluding hydrogens is 298 g/mol. The van der Waals surface area contributed by atoms with Crippen LogP contribution in [0.15, 0.2) is 23.2 Å². The van der Waals surface area contributed by atoms with E-state index in [1.807, 2.05) is 0 Å². The molecule has 0 fully saturated rings. The number of hydrogen-bond donors (Lipinski definition) is 1. The first-order chi connectivity index (χ1) is 9.24. The third-order valence-corrected chi connectivity index (χ3v) is 4.67. The molecule has 0 saturated heterocycles. The van der Waals surface area contributed by atoms with E-state index in [4.69, 9.17) is 11.6 Å². The van der Waals surface area contributed by atoms with Gasteiger partial charge in [-0.1, -0.05) is 11.6 Å². The van der Waals surface area contributed by atoms with Gasteiger partial charge in [-0.15, -0.1) is 0 Å². The van der Waals surface area contributed by atoms with Gasteiger partial charge in [-0.25, -0.2) is 18.1 Å². The Morgan fingerprint density at radius 1 is 1.25 bits per heavy atom. The summed E-state index contributed by atoms with van der Waals surface area (Å²) >= 11 is 5.64. The fraction of sp³-hybridized carbons (Fsp3) is 0.615. The molecule has 20 heavy (non-hydrogen) atoms. The van der Waals surface area contributed by atoms with Crippen LogP contribution < -0.4 is 4.72 Å². The number of sulfonamides is 1. The smallest absolute Gasteiger partial charge is 0.242 e. The molecule has 0 atom stereocenters. The van der Waals surface area contributed by atoms with Gasteiger partial charge in [0.25, 0.3) is 0 Å². The molecule has 0 aromatic carbocycles. The van der Waals surface area contributed by atoms with Crippen LogP contribution in [-0.2, 0) is 10.0 Å². The van der Waals surface area contributed by atoms with Gasteiger partial charge in [0.1, 0.15) is 10.0 Å². The molecule has 0 bridgehead atoms. The molecule has 0 radical (unpaired) electrons. The van der Waals surface area contributed by atoms with Crippen LogP contribution in [0, 0.1) is 0 Å². The van der Waals surface area contributed by atoms with Crippen molar-refractivity contribution in [3.8, 4) is 0 Å². The van der Waals surface area contributed by atoms with Crippen LogP contribution in [0.4, 0.5) is 0 Å². The molecule has 0 aliphatic rings. The zero-order valence-electron chi connectivity index (χ0n) is 12.3. The number of rotatable bonds is 7. The molecule has 1 heterocycles. The summed E-state index contributed by atoms with van der Waals surface area (Å²) < 4.78 is 26.7. The van der Waals surface area contributed by atoms with E-state index >= 15 is 0 Å². The van der Waals surface area contributed by atoms with Gasteiger partial charge in [0.15, 0.2) is 0 Å². The molecule has 7 heteroatoms. The minimum atomic E-state index is -3.52. The van der Waals surface area contributed by atoms with Crippen molar-refractivity contribution in [1.82, 2.24) is 14.6 Å². The molecule has 0 spiro atoms. The lowest BCUT2D eigenvalue weighted by atomic mass is 10.2. The second kappa shape index (κ2) is 7.36. The lowest BCUT2D eigenvalue weighted by molar-refractivity contribution is 0.179. The molecule has 0 aliphatic carbocycles. The van der Waals surface area contributed by atoms with Gasteiger partial charge in [-0.3, -0.25) is 4.90 Å². The Kier molecular flexibility index (Phi) is 6.39. The van der Waals surface area contributed by atoms with Crippen molar-refractivity contribution < 1.29 is 8.42 Å². The van der Waals surface area contributed by atoms with Crippen molar-refractivity contribution >= 4 is 21.6 Å². The summed E-state index contributed by atoms with van der Waals surface area (Å²) in [5, 5.41) is 0.273. The van der Waals surface area contributed by atoms with E-state index in [9.17, 15) is 8.42 Å². The minimum Gasteiger partial charge on any atom is -0.297 e. The Morgan fingerprint density at radius 2 is 1.85 bits per heavy atom. The molecule has 0 amide bonds. The predicted octanol–water partition coefficient (Wildman–Crippen LogP) is 2.13. The molecule has 1 aromatic rings. The number of halogens is 1. The lowest BCUT2D eigenvalue weighted by Crippen LogP contribution is -2.42. The molecule has 0 unspecified atom stereocenters. The molecule has 114 valence electrons. The van der Waals surface area contributed by atoms with Crippen LogP contribution in [0.3, 0.4) is 0 Å². The van der Waals surface area contributed by atoms with Gasteiger partial charge in [0.05, 0.1) is 0 Å². The quantitative estimate of drug-likeness (QED) is 0.782. The SMILES string of the molecule is CC(C)N(CCNS(=O)(=O)c1ccc(Cl)nc1)C(C)C. The van der Waals surface area contributed by atoms with Crippen molar-refractivity contribution in [1.29, 1.82) is 0 Å². The summed E-state index contributed by atoms with van der Waals surface area (Å²) in [6.07, 6.45) is 1.26. The van der Waals surface area contributed by atoms with Gasteiger partial charge in [0, 0.05) is 31.4 Å². The third kappa shape index (κ3) is 5.01. The van der Waals surface area contributed by atoms with Gasteiger partial charge < -0.3 is 0 Å². The Hall–Kier alpha value is -0.690. The first kappa shape index (κ1) is 17.4. The highest BCUT2D eigenvalue weighted by Gasteiger charge is 2.17. The number of pyridine rings is 1. The highest BCUT2D eigenvalue weighted by molar-refractivity contribution is 7.89. The van der Waals surface area contributed by atoms with Gasteiger partial charge >= 0.3 is 0 Å². The summed E-state index contributed by atoms with van der Waals surface area (Å²) in [5.74, 6) is 0. The summed E-state index contributed by atoms with van der Waals surface area (Å²) in [5.41, 5.74) is 0. The molecule has 0 aliphatic heterocycles. The summed E-state index contributed by atoms with van der Waals surface area (Å²) in [4.78, 5) is 6.13. The average Bonchev–Trinajstić information content (AvgIpc) is 2.34. The standard InChI is InChI=1S/C13H22ClN3O2S/c1-10(2)17(11(3)4)8-7-16-20(18,19)12-5-6-13(14)15-9-12/h5-6,9-11,16H,7-8H2,1-4H3. The first-order valence-electron chi connectivity index (χ1n) is 6.61. The predicted molar refractivity (Wildman–Crippen MR) is 81.4 cm³/mol. The lowest BCUT2D eigenvalue weighted by Gasteiger charge is -2.30. The van der Waals surface area contributed by atoms with Crippen molar-refractivity contribution in [3.63, 3.8) is 0 Å². The normalized spacial score (nSPS) is 12.6. The second-order valence-electron chi connectivity index (χ2n) is 5.14. The summed E-state index contributed by atoms with van der Waals surface area (Å²) in [6.45, 7) is 9.40. The maximum atomic E-state index is 12.1. The Labute approximate surface area is 126 Å². The van der Waals surface area contributed by atoms with Gasteiger partial charge in [0.2, 0.25) is 10.0 Å². The van der Waals surface area contributed by atoms with E-state index in [0.29, 0.717) is 25.2 Å². The van der Waals surface area contributed by atoms with Crippen LogP contribution in [0.1, 0.15) is 27.7 Å². The van der Waals surface area contributed by atoms with Crippen LogP contribution in [0.2, 0.25) is 5.15 Å². The van der Waals surface area contributed by atoms with Crippen LogP contribution in [0.5, 0.6) is 0 Å². The number of aromatic nitrogens is 1. The average molecular weight is 320 g/mol. The number of nitrogens with one attached hydrogen (secondary N) is 1. The molecule has 1 rings (SSSR count). The monoisotopic (exact) mass is 319 g/mol. The zero-order chi connectivity index (χ0) is 15.3. The van der Waals surface area contributed by atoms with Crippen molar-refractivity contribution in [3.05, 3.63) is 23.5 Å². The maximum Gasteiger partial charge on any atom is 0.242 e. The fourth-order valence-electron chi connectivity index (χ4n) is 2.03. The van der Waals surface area contributed by atoms with Crippen LogP contribution >= 0.6 is 11.6 Å². The highest BCUT2D eigenvalue weighted by Crippen LogP contribution is 2.10. The molecular formula is C13H22ClN3O2S. The first-order valence-corrected chi connectivity index (χ1v) is 8.47.